The molecular formula is C27H42O3. The van der Waals surface area contributed by atoms with Crippen molar-refractivity contribution in [2.75, 3.05) is 0 Å². The molecule has 0 aliphatic carbocycles. The van der Waals surface area contributed by atoms with Crippen LogP contribution in [-0.4, -0.2) is 11.6 Å². The van der Waals surface area contributed by atoms with E-state index in [1.807, 2.05) is 13.8 Å². The van der Waals surface area contributed by atoms with Gasteiger partial charge in [0.25, 0.3) is 0 Å². The summed E-state index contributed by atoms with van der Waals surface area (Å²) < 4.78 is 12.1. The summed E-state index contributed by atoms with van der Waals surface area (Å²) in [4.78, 5) is 11.5. The fraction of sp³-hybridized carbons (Fsp3) is 0.667. The van der Waals surface area contributed by atoms with Crippen molar-refractivity contribution in [1.82, 2.24) is 0 Å². The monoisotopic (exact) mass is 414 g/mol. The number of ether oxygens (including phenoxy) is 2. The van der Waals surface area contributed by atoms with Gasteiger partial charge in [-0.2, -0.15) is 0 Å². The van der Waals surface area contributed by atoms with Crippen LogP contribution in [0.4, 0.5) is 0 Å². The van der Waals surface area contributed by atoms with Gasteiger partial charge in [-0.1, -0.05) is 57.6 Å². The zero-order valence-corrected chi connectivity index (χ0v) is 20.2. The molecule has 2 rings (SSSR count). The molecule has 0 unspecified atom stereocenters. The summed E-state index contributed by atoms with van der Waals surface area (Å²) in [5.41, 5.74) is 4.15. The fourth-order valence-electron chi connectivity index (χ4n) is 4.39. The number of carbonyl (C=O) groups is 1. The van der Waals surface area contributed by atoms with Crippen LogP contribution in [0.25, 0.3) is 0 Å². The summed E-state index contributed by atoms with van der Waals surface area (Å²) in [6.45, 7) is 12.1. The minimum atomic E-state index is -0.270. The molecule has 0 radical (unpaired) electrons. The van der Waals surface area contributed by atoms with Crippen molar-refractivity contribution < 1.29 is 14.3 Å². The van der Waals surface area contributed by atoms with E-state index < -0.39 is 0 Å². The SMILES string of the molecule is CCCCCCCCC/C=C/C[C@]1(C)CCc2c(C)c(OC(C)=O)c(C)c(C)c2O1. The minimum absolute atomic E-state index is 0.170. The standard InChI is InChI=1S/C27H42O3/c1-7-8-9-10-11-12-13-14-15-16-18-27(6)19-17-24-22(4)25(29-23(5)28)20(2)21(3)26(24)30-27/h15-16H,7-14,17-19H2,1-6H3/b16-15+/t27-/m1/s1. The van der Waals surface area contributed by atoms with Gasteiger partial charge in [-0.15, -0.1) is 0 Å². The van der Waals surface area contributed by atoms with Crippen LogP contribution in [0.3, 0.4) is 0 Å². The van der Waals surface area contributed by atoms with Gasteiger partial charge < -0.3 is 9.47 Å². The second kappa shape index (κ2) is 11.6. The summed E-state index contributed by atoms with van der Waals surface area (Å²) in [5, 5.41) is 0. The largest absolute Gasteiger partial charge is 0.487 e. The van der Waals surface area contributed by atoms with Gasteiger partial charge in [0.2, 0.25) is 0 Å². The predicted octanol–water partition coefficient (Wildman–Crippen LogP) is 7.71. The Morgan fingerprint density at radius 2 is 1.67 bits per heavy atom. The first-order chi connectivity index (χ1) is 14.3. The third kappa shape index (κ3) is 6.62. The van der Waals surface area contributed by atoms with Crippen LogP contribution >= 0.6 is 0 Å². The van der Waals surface area contributed by atoms with Gasteiger partial charge in [-0.05, 0) is 70.1 Å². The Hall–Kier alpha value is -1.77. The average Bonchev–Trinajstić information content (AvgIpc) is 2.70. The number of benzene rings is 1. The van der Waals surface area contributed by atoms with Crippen molar-refractivity contribution in [3.05, 3.63) is 34.4 Å². The highest BCUT2D eigenvalue weighted by molar-refractivity contribution is 5.72. The Kier molecular flexibility index (Phi) is 9.45. The van der Waals surface area contributed by atoms with Crippen LogP contribution in [-0.2, 0) is 11.2 Å². The van der Waals surface area contributed by atoms with Gasteiger partial charge in [0.15, 0.2) is 0 Å². The molecule has 0 N–H and O–H groups in total. The molecule has 0 saturated carbocycles. The van der Waals surface area contributed by atoms with E-state index in [0.29, 0.717) is 5.75 Å². The topological polar surface area (TPSA) is 35.5 Å². The second-order valence-electron chi connectivity index (χ2n) is 9.24. The Balaban J connectivity index is 1.91. The predicted molar refractivity (Wildman–Crippen MR) is 126 cm³/mol. The number of hydrogen-bond donors (Lipinski definition) is 0. The number of allylic oxidation sites excluding steroid dienone is 1. The molecule has 1 aliphatic rings. The number of unbranched alkanes of at least 4 members (excludes halogenated alkanes) is 7. The van der Waals surface area contributed by atoms with Crippen LogP contribution in [0.15, 0.2) is 12.2 Å². The van der Waals surface area contributed by atoms with E-state index in [1.165, 1.54) is 63.9 Å². The summed E-state index contributed by atoms with van der Waals surface area (Å²) in [6, 6.07) is 0. The van der Waals surface area contributed by atoms with Gasteiger partial charge in [0, 0.05) is 18.9 Å². The lowest BCUT2D eigenvalue weighted by Gasteiger charge is -2.37. The Morgan fingerprint density at radius 3 is 2.33 bits per heavy atom. The maximum atomic E-state index is 11.5. The number of fused-ring (bicyclic) bond motifs is 1. The molecular weight excluding hydrogens is 372 g/mol. The minimum Gasteiger partial charge on any atom is -0.487 e. The van der Waals surface area contributed by atoms with Gasteiger partial charge in [-0.3, -0.25) is 4.79 Å². The maximum absolute atomic E-state index is 11.5. The van der Waals surface area contributed by atoms with Gasteiger partial charge >= 0.3 is 5.97 Å². The van der Waals surface area contributed by atoms with Crippen LogP contribution in [0.2, 0.25) is 0 Å². The number of esters is 1. The van der Waals surface area contributed by atoms with Crippen LogP contribution in [0.5, 0.6) is 11.5 Å². The quantitative estimate of drug-likeness (QED) is 0.161. The molecule has 3 nitrogen and oxygen atoms in total. The van der Waals surface area contributed by atoms with E-state index in [9.17, 15) is 4.79 Å². The zero-order valence-electron chi connectivity index (χ0n) is 20.2. The summed E-state index contributed by atoms with van der Waals surface area (Å²) in [6.07, 6.45) is 18.2. The van der Waals surface area contributed by atoms with Crippen molar-refractivity contribution in [2.24, 2.45) is 0 Å². The molecule has 1 atom stereocenters. The molecule has 168 valence electrons. The second-order valence-corrected chi connectivity index (χ2v) is 9.24. The first kappa shape index (κ1) is 24.5. The van der Waals surface area contributed by atoms with E-state index >= 15 is 0 Å². The molecule has 1 heterocycles. The zero-order chi connectivity index (χ0) is 22.1. The summed E-state index contributed by atoms with van der Waals surface area (Å²) in [7, 11) is 0. The smallest absolute Gasteiger partial charge is 0.308 e. The maximum Gasteiger partial charge on any atom is 0.308 e. The third-order valence-electron chi connectivity index (χ3n) is 6.50. The van der Waals surface area contributed by atoms with Crippen molar-refractivity contribution in [2.45, 2.75) is 118 Å². The van der Waals surface area contributed by atoms with Crippen LogP contribution < -0.4 is 9.47 Å². The third-order valence-corrected chi connectivity index (χ3v) is 6.50. The molecule has 0 amide bonds. The van der Waals surface area contributed by atoms with E-state index in [0.717, 1.165) is 41.7 Å². The normalized spacial score (nSPS) is 18.3. The Labute approximate surface area is 184 Å². The van der Waals surface area contributed by atoms with E-state index in [4.69, 9.17) is 9.47 Å². The number of hydrogen-bond acceptors (Lipinski definition) is 3. The highest BCUT2D eigenvalue weighted by Gasteiger charge is 2.34. The molecule has 1 aromatic carbocycles. The van der Waals surface area contributed by atoms with Crippen LogP contribution in [0.1, 0.15) is 107 Å². The molecule has 0 bridgehead atoms. The molecule has 1 aliphatic heterocycles. The molecule has 30 heavy (non-hydrogen) atoms. The Morgan fingerprint density at radius 1 is 1.00 bits per heavy atom. The van der Waals surface area contributed by atoms with Crippen molar-refractivity contribution in [3.63, 3.8) is 0 Å². The molecule has 0 fully saturated rings. The molecule has 1 aromatic rings. The lowest BCUT2D eigenvalue weighted by atomic mass is 9.85. The van der Waals surface area contributed by atoms with E-state index in [-0.39, 0.29) is 11.6 Å². The first-order valence-electron chi connectivity index (χ1n) is 11.9. The van der Waals surface area contributed by atoms with Crippen LogP contribution in [0, 0.1) is 20.8 Å². The highest BCUT2D eigenvalue weighted by atomic mass is 16.5. The molecule has 3 heteroatoms. The van der Waals surface area contributed by atoms with E-state index in [2.05, 4.69) is 32.9 Å². The number of rotatable bonds is 11. The van der Waals surface area contributed by atoms with Gasteiger partial charge in [0.1, 0.15) is 17.1 Å². The molecule has 0 aromatic heterocycles. The lowest BCUT2D eigenvalue weighted by molar-refractivity contribution is -0.132. The van der Waals surface area contributed by atoms with Crippen molar-refractivity contribution in [1.29, 1.82) is 0 Å². The summed E-state index contributed by atoms with van der Waals surface area (Å²) >= 11 is 0. The lowest BCUT2D eigenvalue weighted by Crippen LogP contribution is -2.36. The summed E-state index contributed by atoms with van der Waals surface area (Å²) in [5.74, 6) is 1.43. The molecule has 0 saturated heterocycles. The van der Waals surface area contributed by atoms with Crippen molar-refractivity contribution >= 4 is 5.97 Å². The van der Waals surface area contributed by atoms with Gasteiger partial charge in [-0.25, -0.2) is 0 Å². The van der Waals surface area contributed by atoms with Gasteiger partial charge in [0.05, 0.1) is 0 Å². The Bertz CT molecular complexity index is 747. The van der Waals surface area contributed by atoms with Crippen molar-refractivity contribution in [3.8, 4) is 11.5 Å². The van der Waals surface area contributed by atoms with E-state index in [1.54, 1.807) is 0 Å². The number of carbonyl (C=O) groups excluding carboxylic acids is 1. The first-order valence-corrected chi connectivity index (χ1v) is 11.9. The average molecular weight is 415 g/mol. The molecule has 0 spiro atoms. The highest BCUT2D eigenvalue weighted by Crippen LogP contribution is 2.44. The fourth-order valence-corrected chi connectivity index (χ4v) is 4.39.